The van der Waals surface area contributed by atoms with Crippen molar-refractivity contribution in [1.82, 2.24) is 15.0 Å². The van der Waals surface area contributed by atoms with E-state index in [-0.39, 0.29) is 17.6 Å². The third-order valence-corrected chi connectivity index (χ3v) is 5.46. The number of alkyl halides is 3. The zero-order valence-corrected chi connectivity index (χ0v) is 17.4. The van der Waals surface area contributed by atoms with Crippen LogP contribution in [0, 0.1) is 0 Å². The Kier molecular flexibility index (Phi) is 6.16. The first-order valence-corrected chi connectivity index (χ1v) is 10.4. The summed E-state index contributed by atoms with van der Waals surface area (Å²) in [5.41, 5.74) is 0.260. The van der Waals surface area contributed by atoms with Crippen LogP contribution in [0.15, 0.2) is 53.1 Å². The Hall–Kier alpha value is -3.36. The molecule has 0 bridgehead atoms. The summed E-state index contributed by atoms with van der Waals surface area (Å²) in [7, 11) is 0. The molecule has 3 aromatic rings. The second-order valence-corrected chi connectivity index (χ2v) is 7.53. The minimum Gasteiger partial charge on any atom is -0.493 e. The van der Waals surface area contributed by atoms with Crippen LogP contribution >= 0.6 is 0 Å². The molecule has 1 saturated heterocycles. The summed E-state index contributed by atoms with van der Waals surface area (Å²) >= 11 is 0. The molecular weight excluding hydrogens is 423 g/mol. The van der Waals surface area contributed by atoms with Crippen molar-refractivity contribution in [3.05, 3.63) is 65.5 Å². The Morgan fingerprint density at radius 2 is 1.81 bits per heavy atom. The van der Waals surface area contributed by atoms with Crippen LogP contribution in [0.1, 0.15) is 47.5 Å². The molecule has 1 amide bonds. The van der Waals surface area contributed by atoms with Crippen molar-refractivity contribution >= 4 is 5.91 Å². The molecule has 2 heterocycles. The molecular formula is C23H22F3N3O3. The van der Waals surface area contributed by atoms with Crippen LogP contribution in [0.25, 0.3) is 11.4 Å². The molecule has 0 aliphatic carbocycles. The van der Waals surface area contributed by atoms with Crippen molar-refractivity contribution in [2.45, 2.75) is 31.9 Å². The summed E-state index contributed by atoms with van der Waals surface area (Å²) in [5, 5.41) is 3.92. The van der Waals surface area contributed by atoms with Crippen molar-refractivity contribution < 1.29 is 27.2 Å². The van der Waals surface area contributed by atoms with E-state index in [4.69, 9.17) is 9.26 Å². The fourth-order valence-electron chi connectivity index (χ4n) is 3.75. The number of aromatic nitrogens is 2. The smallest absolute Gasteiger partial charge is 0.416 e. The van der Waals surface area contributed by atoms with E-state index < -0.39 is 11.7 Å². The van der Waals surface area contributed by atoms with Gasteiger partial charge < -0.3 is 14.2 Å². The molecule has 1 aromatic heterocycles. The van der Waals surface area contributed by atoms with Crippen molar-refractivity contribution in [2.24, 2.45) is 0 Å². The Balaban J connectivity index is 1.40. The molecule has 32 heavy (non-hydrogen) atoms. The zero-order valence-electron chi connectivity index (χ0n) is 17.4. The van der Waals surface area contributed by atoms with Gasteiger partial charge in [-0.15, -0.1) is 0 Å². The molecule has 0 atom stereocenters. The fraction of sp³-hybridized carbons (Fsp3) is 0.348. The molecule has 168 valence electrons. The summed E-state index contributed by atoms with van der Waals surface area (Å²) in [5.74, 6) is 1.15. The van der Waals surface area contributed by atoms with Gasteiger partial charge in [0.15, 0.2) is 0 Å². The fourth-order valence-corrected chi connectivity index (χ4v) is 3.75. The van der Waals surface area contributed by atoms with Crippen LogP contribution in [0.5, 0.6) is 5.75 Å². The van der Waals surface area contributed by atoms with Crippen LogP contribution in [-0.2, 0) is 6.18 Å². The van der Waals surface area contributed by atoms with Gasteiger partial charge in [0.25, 0.3) is 5.91 Å². The van der Waals surface area contributed by atoms with Crippen molar-refractivity contribution in [3.8, 4) is 17.1 Å². The van der Waals surface area contributed by atoms with Gasteiger partial charge in [0.05, 0.1) is 17.7 Å². The normalized spacial score (nSPS) is 15.1. The number of hydrogen-bond acceptors (Lipinski definition) is 5. The van der Waals surface area contributed by atoms with Gasteiger partial charge in [-0.25, -0.2) is 0 Å². The highest BCUT2D eigenvalue weighted by Crippen LogP contribution is 2.32. The second-order valence-electron chi connectivity index (χ2n) is 7.53. The average molecular weight is 445 g/mol. The molecule has 0 saturated carbocycles. The summed E-state index contributed by atoms with van der Waals surface area (Å²) in [6.07, 6.45) is -3.09. The standard InChI is InChI=1S/C23H22F3N3O3/c1-2-31-19-6-4-3-5-18(19)22(30)29-13-11-16(12-14-29)21-27-20(28-32-21)15-7-9-17(10-8-15)23(24,25)26/h3-10,16H,2,11-14H2,1H3. The summed E-state index contributed by atoms with van der Waals surface area (Å²) in [6.45, 7) is 3.41. The number of amides is 1. The second kappa shape index (κ2) is 9.02. The van der Waals surface area contributed by atoms with Crippen LogP contribution in [0.3, 0.4) is 0 Å². The number of carbonyl (C=O) groups excluding carboxylic acids is 1. The summed E-state index contributed by atoms with van der Waals surface area (Å²) < 4.78 is 49.2. The molecule has 0 spiro atoms. The molecule has 1 fully saturated rings. The average Bonchev–Trinajstić information content (AvgIpc) is 3.29. The number of rotatable bonds is 5. The third kappa shape index (κ3) is 4.61. The highest BCUT2D eigenvalue weighted by atomic mass is 19.4. The molecule has 2 aromatic carbocycles. The largest absolute Gasteiger partial charge is 0.493 e. The summed E-state index contributed by atoms with van der Waals surface area (Å²) in [4.78, 5) is 19.1. The van der Waals surface area contributed by atoms with Gasteiger partial charge in [0.1, 0.15) is 5.75 Å². The zero-order chi connectivity index (χ0) is 22.7. The molecule has 9 heteroatoms. The van der Waals surface area contributed by atoms with E-state index in [0.717, 1.165) is 12.1 Å². The molecule has 0 radical (unpaired) electrons. The molecule has 1 aliphatic heterocycles. The molecule has 6 nitrogen and oxygen atoms in total. The number of para-hydroxylation sites is 1. The van der Waals surface area contributed by atoms with E-state index in [1.54, 1.807) is 17.0 Å². The monoisotopic (exact) mass is 445 g/mol. The van der Waals surface area contributed by atoms with E-state index in [2.05, 4.69) is 10.1 Å². The highest BCUT2D eigenvalue weighted by Gasteiger charge is 2.31. The summed E-state index contributed by atoms with van der Waals surface area (Å²) in [6, 6.07) is 11.8. The number of benzene rings is 2. The molecule has 0 N–H and O–H groups in total. The van der Waals surface area contributed by atoms with Crippen molar-refractivity contribution in [2.75, 3.05) is 19.7 Å². The first-order chi connectivity index (χ1) is 15.4. The van der Waals surface area contributed by atoms with Gasteiger partial charge in [-0.05, 0) is 44.0 Å². The lowest BCUT2D eigenvalue weighted by atomic mass is 9.96. The number of carbonyl (C=O) groups is 1. The molecule has 1 aliphatic rings. The van der Waals surface area contributed by atoms with Gasteiger partial charge in [-0.2, -0.15) is 18.2 Å². The lowest BCUT2D eigenvalue weighted by molar-refractivity contribution is -0.137. The van der Waals surface area contributed by atoms with E-state index >= 15 is 0 Å². The van der Waals surface area contributed by atoms with E-state index in [9.17, 15) is 18.0 Å². The predicted octanol–water partition coefficient (Wildman–Crippen LogP) is 5.17. The maximum Gasteiger partial charge on any atom is 0.416 e. The van der Waals surface area contributed by atoms with Gasteiger partial charge >= 0.3 is 6.18 Å². The van der Waals surface area contributed by atoms with Gasteiger partial charge in [0.2, 0.25) is 11.7 Å². The van der Waals surface area contributed by atoms with Crippen LogP contribution in [0.2, 0.25) is 0 Å². The van der Waals surface area contributed by atoms with Crippen LogP contribution in [0.4, 0.5) is 13.2 Å². The van der Waals surface area contributed by atoms with Crippen molar-refractivity contribution in [3.63, 3.8) is 0 Å². The van der Waals surface area contributed by atoms with E-state index in [1.807, 2.05) is 19.1 Å². The number of piperidine rings is 1. The van der Waals surface area contributed by atoms with Crippen LogP contribution < -0.4 is 4.74 Å². The van der Waals surface area contributed by atoms with E-state index in [0.29, 0.717) is 55.3 Å². The Labute approximate surface area is 183 Å². The number of nitrogens with zero attached hydrogens (tertiary/aromatic N) is 3. The number of halogens is 3. The lowest BCUT2D eigenvalue weighted by Gasteiger charge is -2.30. The minimum absolute atomic E-state index is 0.0168. The topological polar surface area (TPSA) is 68.5 Å². The number of ether oxygens (including phenoxy) is 1. The lowest BCUT2D eigenvalue weighted by Crippen LogP contribution is -2.38. The Morgan fingerprint density at radius 3 is 2.47 bits per heavy atom. The predicted molar refractivity (Wildman–Crippen MR) is 110 cm³/mol. The quantitative estimate of drug-likeness (QED) is 0.542. The first-order valence-electron chi connectivity index (χ1n) is 10.4. The van der Waals surface area contributed by atoms with Crippen molar-refractivity contribution in [1.29, 1.82) is 0 Å². The molecule has 0 unspecified atom stereocenters. The Bertz CT molecular complexity index is 1070. The van der Waals surface area contributed by atoms with Crippen LogP contribution in [-0.4, -0.2) is 40.6 Å². The number of likely N-dealkylation sites (tertiary alicyclic amines) is 1. The SMILES string of the molecule is CCOc1ccccc1C(=O)N1CCC(c2nc(-c3ccc(C(F)(F)F)cc3)no2)CC1. The maximum absolute atomic E-state index is 12.9. The third-order valence-electron chi connectivity index (χ3n) is 5.46. The van der Waals surface area contributed by atoms with Gasteiger partial charge in [0, 0.05) is 24.6 Å². The van der Waals surface area contributed by atoms with E-state index in [1.165, 1.54) is 12.1 Å². The maximum atomic E-state index is 12.9. The highest BCUT2D eigenvalue weighted by molar-refractivity contribution is 5.97. The first kappa shape index (κ1) is 21.9. The Morgan fingerprint density at radius 1 is 1.12 bits per heavy atom. The minimum atomic E-state index is -4.39. The molecule has 4 rings (SSSR count). The number of hydrogen-bond donors (Lipinski definition) is 0. The van der Waals surface area contributed by atoms with Gasteiger partial charge in [-0.3, -0.25) is 4.79 Å². The van der Waals surface area contributed by atoms with Gasteiger partial charge in [-0.1, -0.05) is 29.4 Å².